The molecule has 0 aromatic carbocycles. The van der Waals surface area contributed by atoms with E-state index in [0.29, 0.717) is 5.92 Å². The molecule has 3 atom stereocenters. The first-order valence-corrected chi connectivity index (χ1v) is 8.87. The van der Waals surface area contributed by atoms with E-state index in [1.54, 1.807) is 12.2 Å². The number of piperidine rings is 3. The number of rotatable bonds is 4. The number of fused-ring (bicyclic) bond motifs is 3. The van der Waals surface area contributed by atoms with Gasteiger partial charge >= 0.3 is 5.97 Å². The standard InChI is InChI=1S/C18H29NO3/c1-3-10-18(21,15-6-4-5-7-15)17(20)22-16-13(2)19-11-8-14(16)9-12-19/h3,10,13-16,21H,4-9,11-12H2,1-2H3/b10-3+. The van der Waals surface area contributed by atoms with Gasteiger partial charge in [0, 0.05) is 12.0 Å². The van der Waals surface area contributed by atoms with E-state index in [0.717, 1.165) is 51.6 Å². The fourth-order valence-electron chi connectivity index (χ4n) is 4.66. The lowest BCUT2D eigenvalue weighted by Gasteiger charge is -2.49. The Bertz CT molecular complexity index is 434. The first-order valence-electron chi connectivity index (χ1n) is 8.87. The number of aliphatic hydroxyl groups is 1. The van der Waals surface area contributed by atoms with Crippen molar-refractivity contribution in [3.8, 4) is 0 Å². The predicted molar refractivity (Wildman–Crippen MR) is 85.4 cm³/mol. The summed E-state index contributed by atoms with van der Waals surface area (Å²) in [6, 6.07) is 0.273. The van der Waals surface area contributed by atoms with Gasteiger partial charge in [-0.05, 0) is 64.6 Å². The van der Waals surface area contributed by atoms with E-state index in [1.165, 1.54) is 0 Å². The molecule has 3 saturated heterocycles. The second-order valence-corrected chi connectivity index (χ2v) is 7.29. The van der Waals surface area contributed by atoms with E-state index in [4.69, 9.17) is 4.74 Å². The van der Waals surface area contributed by atoms with Gasteiger partial charge in [0.25, 0.3) is 0 Å². The molecule has 4 nitrogen and oxygen atoms in total. The molecule has 1 aliphatic carbocycles. The molecule has 0 aromatic rings. The first-order chi connectivity index (χ1) is 10.6. The van der Waals surface area contributed by atoms with Crippen molar-refractivity contribution in [1.29, 1.82) is 0 Å². The molecule has 124 valence electrons. The van der Waals surface area contributed by atoms with Crippen molar-refractivity contribution in [3.63, 3.8) is 0 Å². The van der Waals surface area contributed by atoms with Gasteiger partial charge in [-0.1, -0.05) is 18.9 Å². The van der Waals surface area contributed by atoms with E-state index in [-0.39, 0.29) is 18.1 Å². The van der Waals surface area contributed by atoms with Gasteiger partial charge in [-0.2, -0.15) is 0 Å². The Kier molecular flexibility index (Phi) is 4.60. The third-order valence-corrected chi connectivity index (χ3v) is 6.06. The molecule has 4 aliphatic rings. The Morgan fingerprint density at radius 1 is 1.23 bits per heavy atom. The minimum atomic E-state index is -1.43. The fraction of sp³-hybridized carbons (Fsp3) is 0.833. The molecule has 4 fully saturated rings. The van der Waals surface area contributed by atoms with Crippen LogP contribution in [0.2, 0.25) is 0 Å². The molecule has 0 aromatic heterocycles. The van der Waals surface area contributed by atoms with Gasteiger partial charge in [0.2, 0.25) is 0 Å². The van der Waals surface area contributed by atoms with Gasteiger partial charge in [0.05, 0.1) is 0 Å². The maximum Gasteiger partial charge on any atom is 0.342 e. The van der Waals surface area contributed by atoms with Gasteiger partial charge in [-0.15, -0.1) is 0 Å². The summed E-state index contributed by atoms with van der Waals surface area (Å²) in [6.45, 7) is 6.22. The van der Waals surface area contributed by atoms with E-state index >= 15 is 0 Å². The highest BCUT2D eigenvalue weighted by atomic mass is 16.6. The molecule has 3 unspecified atom stereocenters. The third kappa shape index (κ3) is 2.71. The summed E-state index contributed by atoms with van der Waals surface area (Å²) in [5.74, 6) is 0.0399. The van der Waals surface area contributed by atoms with Crippen LogP contribution < -0.4 is 0 Å². The molecule has 0 amide bonds. The quantitative estimate of drug-likeness (QED) is 0.640. The van der Waals surface area contributed by atoms with Crippen LogP contribution in [0.5, 0.6) is 0 Å². The lowest BCUT2D eigenvalue weighted by atomic mass is 9.80. The maximum absolute atomic E-state index is 12.8. The zero-order chi connectivity index (χ0) is 15.7. The largest absolute Gasteiger partial charge is 0.458 e. The Labute approximate surface area is 133 Å². The average molecular weight is 307 g/mol. The molecule has 4 heteroatoms. The van der Waals surface area contributed by atoms with E-state index in [1.807, 2.05) is 6.92 Å². The van der Waals surface area contributed by atoms with Crippen LogP contribution >= 0.6 is 0 Å². The summed E-state index contributed by atoms with van der Waals surface area (Å²) in [4.78, 5) is 15.2. The number of nitrogens with zero attached hydrogens (tertiary/aromatic N) is 1. The number of hydrogen-bond acceptors (Lipinski definition) is 4. The third-order valence-electron chi connectivity index (χ3n) is 6.06. The summed E-state index contributed by atoms with van der Waals surface area (Å²) in [5, 5.41) is 11.0. The highest BCUT2D eigenvalue weighted by Gasteiger charge is 2.48. The highest BCUT2D eigenvalue weighted by Crippen LogP contribution is 2.39. The highest BCUT2D eigenvalue weighted by molar-refractivity contribution is 5.82. The first kappa shape index (κ1) is 16.0. The second kappa shape index (κ2) is 6.32. The molecule has 22 heavy (non-hydrogen) atoms. The number of carbonyl (C=O) groups excluding carboxylic acids is 1. The zero-order valence-electron chi connectivity index (χ0n) is 13.8. The van der Waals surface area contributed by atoms with Gasteiger partial charge < -0.3 is 9.84 Å². The molecular formula is C18H29NO3. The van der Waals surface area contributed by atoms with Crippen LogP contribution in [-0.4, -0.2) is 46.8 Å². The van der Waals surface area contributed by atoms with E-state index < -0.39 is 11.6 Å². The van der Waals surface area contributed by atoms with Crippen molar-refractivity contribution in [2.24, 2.45) is 11.8 Å². The van der Waals surface area contributed by atoms with Gasteiger partial charge in [0.1, 0.15) is 6.10 Å². The lowest BCUT2D eigenvalue weighted by molar-refractivity contribution is -0.185. The molecule has 3 heterocycles. The lowest BCUT2D eigenvalue weighted by Crippen LogP contribution is -2.59. The topological polar surface area (TPSA) is 49.8 Å². The van der Waals surface area contributed by atoms with Crippen molar-refractivity contribution >= 4 is 5.97 Å². The number of hydrogen-bond donors (Lipinski definition) is 1. The minimum Gasteiger partial charge on any atom is -0.458 e. The molecule has 2 bridgehead atoms. The van der Waals surface area contributed by atoms with E-state index in [9.17, 15) is 9.90 Å². The van der Waals surface area contributed by atoms with Crippen LogP contribution in [0.25, 0.3) is 0 Å². The summed E-state index contributed by atoms with van der Waals surface area (Å²) in [7, 11) is 0. The van der Waals surface area contributed by atoms with Crippen molar-refractivity contribution in [3.05, 3.63) is 12.2 Å². The fourth-order valence-corrected chi connectivity index (χ4v) is 4.66. The summed E-state index contributed by atoms with van der Waals surface area (Å²) in [5.41, 5.74) is -1.43. The van der Waals surface area contributed by atoms with Crippen LogP contribution in [0.15, 0.2) is 12.2 Å². The number of allylic oxidation sites excluding steroid dienone is 1. The Balaban J connectivity index is 1.73. The molecule has 1 N–H and O–H groups in total. The molecule has 3 aliphatic heterocycles. The Hall–Kier alpha value is -0.870. The van der Waals surface area contributed by atoms with Crippen molar-refractivity contribution in [2.45, 2.75) is 70.1 Å². The van der Waals surface area contributed by atoms with Crippen LogP contribution in [0, 0.1) is 11.8 Å². The molecular weight excluding hydrogens is 278 g/mol. The summed E-state index contributed by atoms with van der Waals surface area (Å²) < 4.78 is 5.89. The van der Waals surface area contributed by atoms with Crippen molar-refractivity contribution in [2.75, 3.05) is 13.1 Å². The number of esters is 1. The Morgan fingerprint density at radius 3 is 2.41 bits per heavy atom. The normalized spacial score (nSPS) is 38.3. The molecule has 4 rings (SSSR count). The monoisotopic (exact) mass is 307 g/mol. The van der Waals surface area contributed by atoms with E-state index in [2.05, 4.69) is 11.8 Å². The maximum atomic E-state index is 12.8. The van der Waals surface area contributed by atoms with Crippen LogP contribution in [0.3, 0.4) is 0 Å². The number of carbonyl (C=O) groups is 1. The van der Waals surface area contributed by atoms with Gasteiger partial charge in [-0.25, -0.2) is 4.79 Å². The van der Waals surface area contributed by atoms with Crippen LogP contribution in [0.4, 0.5) is 0 Å². The molecule has 0 spiro atoms. The SMILES string of the molecule is C/C=C/C(O)(C(=O)OC1C2CCN(CC2)C1C)C1CCCC1. The van der Waals surface area contributed by atoms with Crippen molar-refractivity contribution < 1.29 is 14.6 Å². The number of ether oxygens (including phenoxy) is 1. The zero-order valence-corrected chi connectivity index (χ0v) is 13.8. The molecule has 0 radical (unpaired) electrons. The van der Waals surface area contributed by atoms with Crippen molar-refractivity contribution in [1.82, 2.24) is 4.90 Å². The van der Waals surface area contributed by atoms with Crippen LogP contribution in [0.1, 0.15) is 52.4 Å². The predicted octanol–water partition coefficient (Wildman–Crippen LogP) is 2.51. The van der Waals surface area contributed by atoms with Crippen LogP contribution in [-0.2, 0) is 9.53 Å². The second-order valence-electron chi connectivity index (χ2n) is 7.29. The smallest absolute Gasteiger partial charge is 0.342 e. The summed E-state index contributed by atoms with van der Waals surface area (Å²) in [6.07, 6.45) is 9.57. The summed E-state index contributed by atoms with van der Waals surface area (Å²) >= 11 is 0. The Morgan fingerprint density at radius 2 is 1.86 bits per heavy atom. The van der Waals surface area contributed by atoms with Gasteiger partial charge in [0.15, 0.2) is 5.60 Å². The van der Waals surface area contributed by atoms with Gasteiger partial charge in [-0.3, -0.25) is 4.90 Å². The average Bonchev–Trinajstić information content (AvgIpc) is 3.06. The minimum absolute atomic E-state index is 0.00703. The molecule has 1 saturated carbocycles.